The van der Waals surface area contributed by atoms with Crippen LogP contribution >= 0.6 is 0 Å². The van der Waals surface area contributed by atoms with Crippen molar-refractivity contribution in [2.45, 2.75) is 26.3 Å². The van der Waals surface area contributed by atoms with E-state index in [1.165, 1.54) is 18.3 Å². The maximum absolute atomic E-state index is 10.6. The first kappa shape index (κ1) is 15.0. The molecule has 0 bridgehead atoms. The topological polar surface area (TPSA) is 86.5 Å². The van der Waals surface area contributed by atoms with E-state index < -0.39 is 4.92 Å². The number of imidazole rings is 1. The summed E-state index contributed by atoms with van der Waals surface area (Å²) in [4.78, 5) is 18.9. The summed E-state index contributed by atoms with van der Waals surface area (Å²) in [6, 6.07) is 10.7. The van der Waals surface area contributed by atoms with Crippen molar-refractivity contribution in [2.24, 2.45) is 4.99 Å². The van der Waals surface area contributed by atoms with Crippen LogP contribution in [0.25, 0.3) is 11.0 Å². The minimum absolute atomic E-state index is 0.300. The summed E-state index contributed by atoms with van der Waals surface area (Å²) in [5.74, 6) is 0.593. The summed E-state index contributed by atoms with van der Waals surface area (Å²) >= 11 is 0. The lowest BCUT2D eigenvalue weighted by Gasteiger charge is -2.04. The van der Waals surface area contributed by atoms with E-state index in [2.05, 4.69) is 16.9 Å². The van der Waals surface area contributed by atoms with E-state index in [1.54, 1.807) is 0 Å². The summed E-state index contributed by atoms with van der Waals surface area (Å²) < 4.78 is 7.12. The van der Waals surface area contributed by atoms with Crippen molar-refractivity contribution in [3.63, 3.8) is 0 Å². The number of fused-ring (bicyclic) bond motifs is 1. The molecule has 0 amide bonds. The van der Waals surface area contributed by atoms with Crippen LogP contribution in [0.15, 0.2) is 45.8 Å². The second-order valence-electron chi connectivity index (χ2n) is 5.10. The first-order valence-corrected chi connectivity index (χ1v) is 7.42. The van der Waals surface area contributed by atoms with Crippen LogP contribution in [-0.4, -0.2) is 20.7 Å². The van der Waals surface area contributed by atoms with Gasteiger partial charge in [0, 0.05) is 6.54 Å². The van der Waals surface area contributed by atoms with Crippen molar-refractivity contribution in [1.29, 1.82) is 0 Å². The molecule has 2 aromatic heterocycles. The summed E-state index contributed by atoms with van der Waals surface area (Å²) in [6.45, 7) is 2.95. The lowest BCUT2D eigenvalue weighted by atomic mass is 10.3. The first-order chi connectivity index (χ1) is 11.2. The number of unbranched alkanes of at least 4 members (excludes halogenated alkanes) is 1. The molecule has 0 unspecified atom stereocenters. The fourth-order valence-electron chi connectivity index (χ4n) is 2.33. The molecule has 118 valence electrons. The van der Waals surface area contributed by atoms with Crippen LogP contribution in [0.5, 0.6) is 0 Å². The van der Waals surface area contributed by atoms with Crippen LogP contribution in [0.3, 0.4) is 0 Å². The van der Waals surface area contributed by atoms with Crippen molar-refractivity contribution >= 4 is 29.1 Å². The van der Waals surface area contributed by atoms with Gasteiger partial charge < -0.3 is 8.98 Å². The SMILES string of the molecule is CCCCn1c(/N=C/c2ccc([N+](=O)[O-])o2)nc2ccccc21. The summed E-state index contributed by atoms with van der Waals surface area (Å²) in [7, 11) is 0. The minimum Gasteiger partial charge on any atom is -0.400 e. The molecule has 23 heavy (non-hydrogen) atoms. The van der Waals surface area contributed by atoms with Gasteiger partial charge in [0.15, 0.2) is 5.76 Å². The number of furan rings is 1. The Morgan fingerprint density at radius 3 is 2.91 bits per heavy atom. The predicted octanol–water partition coefficient (Wildman–Crippen LogP) is 4.09. The number of nitro groups is 1. The molecule has 0 spiro atoms. The highest BCUT2D eigenvalue weighted by molar-refractivity contribution is 5.82. The van der Waals surface area contributed by atoms with Gasteiger partial charge in [0.25, 0.3) is 0 Å². The monoisotopic (exact) mass is 312 g/mol. The van der Waals surface area contributed by atoms with Gasteiger partial charge in [-0.05, 0) is 24.6 Å². The zero-order valence-corrected chi connectivity index (χ0v) is 12.7. The van der Waals surface area contributed by atoms with Gasteiger partial charge in [-0.1, -0.05) is 25.5 Å². The standard InChI is InChI=1S/C16H16N4O3/c1-2-3-10-19-14-7-5-4-6-13(14)18-16(19)17-11-12-8-9-15(23-12)20(21)22/h4-9,11H,2-3,10H2,1H3/b17-11+. The average Bonchev–Trinajstić information content (AvgIpc) is 3.15. The molecule has 0 radical (unpaired) electrons. The number of hydrogen-bond acceptors (Lipinski definition) is 5. The fourth-order valence-corrected chi connectivity index (χ4v) is 2.33. The van der Waals surface area contributed by atoms with Gasteiger partial charge in [0.1, 0.15) is 4.92 Å². The molecule has 0 N–H and O–H groups in total. The lowest BCUT2D eigenvalue weighted by Crippen LogP contribution is -1.97. The summed E-state index contributed by atoms with van der Waals surface area (Å²) in [6.07, 6.45) is 3.55. The highest BCUT2D eigenvalue weighted by Crippen LogP contribution is 2.23. The van der Waals surface area contributed by atoms with Crippen molar-refractivity contribution in [3.05, 3.63) is 52.3 Å². The molecule has 0 atom stereocenters. The Balaban J connectivity index is 1.94. The highest BCUT2D eigenvalue weighted by Gasteiger charge is 2.12. The number of aromatic nitrogens is 2. The van der Waals surface area contributed by atoms with Gasteiger partial charge in [0.05, 0.1) is 23.3 Å². The van der Waals surface area contributed by atoms with Crippen LogP contribution in [-0.2, 0) is 6.54 Å². The number of para-hydroxylation sites is 2. The van der Waals surface area contributed by atoms with E-state index in [-0.39, 0.29) is 5.88 Å². The molecule has 7 heteroatoms. The zero-order chi connectivity index (χ0) is 16.2. The molecule has 7 nitrogen and oxygen atoms in total. The lowest BCUT2D eigenvalue weighted by molar-refractivity contribution is -0.402. The Labute approximate surface area is 132 Å². The van der Waals surface area contributed by atoms with Gasteiger partial charge in [0.2, 0.25) is 5.95 Å². The van der Waals surface area contributed by atoms with E-state index in [1.807, 2.05) is 28.8 Å². The normalized spacial score (nSPS) is 11.5. The smallest absolute Gasteiger partial charge is 0.400 e. The molecule has 2 heterocycles. The largest absolute Gasteiger partial charge is 0.433 e. The second kappa shape index (κ2) is 6.43. The molecule has 0 fully saturated rings. The number of rotatable bonds is 6. The number of aliphatic imine (C=N–C) groups is 1. The average molecular weight is 312 g/mol. The molecule has 1 aromatic carbocycles. The Hall–Kier alpha value is -2.96. The van der Waals surface area contributed by atoms with Crippen molar-refractivity contribution in [1.82, 2.24) is 9.55 Å². The Kier molecular flexibility index (Phi) is 4.18. The number of hydrogen-bond donors (Lipinski definition) is 0. The number of nitrogens with zero attached hydrogens (tertiary/aromatic N) is 4. The van der Waals surface area contributed by atoms with Crippen LogP contribution < -0.4 is 0 Å². The molecule has 3 aromatic rings. The van der Waals surface area contributed by atoms with Crippen molar-refractivity contribution in [3.8, 4) is 0 Å². The van der Waals surface area contributed by atoms with E-state index in [9.17, 15) is 10.1 Å². The minimum atomic E-state index is -0.576. The molecular weight excluding hydrogens is 296 g/mol. The highest BCUT2D eigenvalue weighted by atomic mass is 16.6. The van der Waals surface area contributed by atoms with Crippen molar-refractivity contribution in [2.75, 3.05) is 0 Å². The van der Waals surface area contributed by atoms with Crippen LogP contribution in [0.1, 0.15) is 25.5 Å². The fraction of sp³-hybridized carbons (Fsp3) is 0.250. The summed E-state index contributed by atoms with van der Waals surface area (Å²) in [5, 5.41) is 10.6. The van der Waals surface area contributed by atoms with Gasteiger partial charge in [-0.25, -0.2) is 9.98 Å². The van der Waals surface area contributed by atoms with E-state index in [0.717, 1.165) is 30.4 Å². The van der Waals surface area contributed by atoms with E-state index in [4.69, 9.17) is 4.42 Å². The summed E-state index contributed by atoms with van der Waals surface area (Å²) in [5.41, 5.74) is 1.90. The molecule has 0 aliphatic rings. The quantitative estimate of drug-likeness (QED) is 0.389. The van der Waals surface area contributed by atoms with Crippen LogP contribution in [0.4, 0.5) is 11.8 Å². The number of aryl methyl sites for hydroxylation is 1. The first-order valence-electron chi connectivity index (χ1n) is 7.42. The zero-order valence-electron chi connectivity index (χ0n) is 12.7. The predicted molar refractivity (Wildman–Crippen MR) is 87.3 cm³/mol. The molecule has 0 saturated heterocycles. The van der Waals surface area contributed by atoms with Crippen LogP contribution in [0, 0.1) is 10.1 Å². The van der Waals surface area contributed by atoms with Gasteiger partial charge >= 0.3 is 5.88 Å². The molecule has 0 aliphatic heterocycles. The van der Waals surface area contributed by atoms with E-state index in [0.29, 0.717) is 11.7 Å². The van der Waals surface area contributed by atoms with Gasteiger partial charge in [-0.15, -0.1) is 0 Å². The second-order valence-corrected chi connectivity index (χ2v) is 5.10. The molecular formula is C16H16N4O3. The molecule has 3 rings (SSSR count). The van der Waals surface area contributed by atoms with E-state index >= 15 is 0 Å². The van der Waals surface area contributed by atoms with Crippen LogP contribution in [0.2, 0.25) is 0 Å². The Morgan fingerprint density at radius 2 is 2.17 bits per heavy atom. The van der Waals surface area contributed by atoms with Crippen molar-refractivity contribution < 1.29 is 9.34 Å². The Morgan fingerprint density at radius 1 is 1.35 bits per heavy atom. The van der Waals surface area contributed by atoms with Gasteiger partial charge in [-0.3, -0.25) is 10.1 Å². The Bertz CT molecular complexity index is 863. The molecule has 0 saturated carbocycles. The van der Waals surface area contributed by atoms with Gasteiger partial charge in [-0.2, -0.15) is 0 Å². The maximum atomic E-state index is 10.6. The third-order valence-electron chi connectivity index (χ3n) is 3.47. The third-order valence-corrected chi connectivity index (χ3v) is 3.47. The maximum Gasteiger partial charge on any atom is 0.433 e. The third kappa shape index (κ3) is 3.13. The molecule has 0 aliphatic carbocycles. The number of benzene rings is 1.